The van der Waals surface area contributed by atoms with E-state index in [1.807, 2.05) is 30.5 Å². The summed E-state index contributed by atoms with van der Waals surface area (Å²) >= 11 is 7.45. The van der Waals surface area contributed by atoms with Crippen LogP contribution in [0.4, 0.5) is 5.13 Å². The average molecular weight is 439 g/mol. The van der Waals surface area contributed by atoms with E-state index in [0.717, 1.165) is 5.69 Å². The molecule has 1 atom stereocenters. The molecule has 5 rings (SSSR count). The van der Waals surface area contributed by atoms with Gasteiger partial charge >= 0.3 is 0 Å². The first-order chi connectivity index (χ1) is 14.5. The van der Waals surface area contributed by atoms with Crippen molar-refractivity contribution in [2.24, 2.45) is 0 Å². The van der Waals surface area contributed by atoms with Crippen LogP contribution in [-0.4, -0.2) is 18.0 Å². The Morgan fingerprint density at radius 2 is 2.00 bits per heavy atom. The second-order valence-electron chi connectivity index (χ2n) is 6.91. The Morgan fingerprint density at radius 1 is 1.20 bits per heavy atom. The lowest BCUT2D eigenvalue weighted by molar-refractivity contribution is 0.0971. The summed E-state index contributed by atoms with van der Waals surface area (Å²) < 4.78 is 11.5. The van der Waals surface area contributed by atoms with Gasteiger partial charge in [0.25, 0.3) is 5.91 Å². The number of methoxy groups -OCH3 is 1. The molecule has 150 valence electrons. The molecule has 0 N–H and O–H groups in total. The summed E-state index contributed by atoms with van der Waals surface area (Å²) in [6, 6.07) is 11.4. The monoisotopic (exact) mass is 438 g/mol. The fourth-order valence-corrected chi connectivity index (χ4v) is 4.78. The number of carbonyl (C=O) groups is 1. The number of hydrogen-bond donors (Lipinski definition) is 0. The number of nitrogens with zero attached hydrogens (tertiary/aromatic N) is 2. The zero-order valence-corrected chi connectivity index (χ0v) is 17.6. The van der Waals surface area contributed by atoms with Gasteiger partial charge in [-0.25, -0.2) is 4.98 Å². The van der Waals surface area contributed by atoms with Gasteiger partial charge in [0.2, 0.25) is 5.76 Å². The molecular weight excluding hydrogens is 424 g/mol. The molecule has 0 fully saturated rings. The first-order valence-corrected chi connectivity index (χ1v) is 10.4. The van der Waals surface area contributed by atoms with E-state index in [9.17, 15) is 9.59 Å². The number of benzene rings is 2. The molecule has 1 aliphatic rings. The Labute approximate surface area is 180 Å². The lowest BCUT2D eigenvalue weighted by Crippen LogP contribution is -2.29. The number of amides is 1. The number of halogens is 1. The highest BCUT2D eigenvalue weighted by Gasteiger charge is 2.45. The topological polar surface area (TPSA) is 72.6 Å². The summed E-state index contributed by atoms with van der Waals surface area (Å²) in [5.74, 6) is 0.162. The molecule has 30 heavy (non-hydrogen) atoms. The maximum Gasteiger partial charge on any atom is 0.297 e. The molecule has 0 unspecified atom stereocenters. The highest BCUT2D eigenvalue weighted by atomic mass is 35.5. The van der Waals surface area contributed by atoms with Crippen LogP contribution in [0.3, 0.4) is 0 Å². The third-order valence-electron chi connectivity index (χ3n) is 5.08. The fraction of sp³-hybridized carbons (Fsp3) is 0.136. The van der Waals surface area contributed by atoms with E-state index in [1.165, 1.54) is 16.2 Å². The summed E-state index contributed by atoms with van der Waals surface area (Å²) in [6.07, 6.45) is 0. The Bertz CT molecular complexity index is 1380. The van der Waals surface area contributed by atoms with Gasteiger partial charge in [0.1, 0.15) is 17.4 Å². The van der Waals surface area contributed by atoms with Gasteiger partial charge in [-0.3, -0.25) is 14.5 Å². The fourth-order valence-electron chi connectivity index (χ4n) is 3.78. The molecule has 0 aliphatic carbocycles. The lowest BCUT2D eigenvalue weighted by atomic mass is 9.98. The minimum absolute atomic E-state index is 0.0126. The van der Waals surface area contributed by atoms with Crippen molar-refractivity contribution in [3.05, 3.63) is 85.7 Å². The van der Waals surface area contributed by atoms with Crippen LogP contribution in [0, 0.1) is 6.92 Å². The van der Waals surface area contributed by atoms with Gasteiger partial charge in [0.15, 0.2) is 10.6 Å². The molecule has 1 aliphatic heterocycles. The van der Waals surface area contributed by atoms with E-state index in [2.05, 4.69) is 4.98 Å². The quantitative estimate of drug-likeness (QED) is 0.451. The Kier molecular flexibility index (Phi) is 4.38. The largest absolute Gasteiger partial charge is 0.496 e. The van der Waals surface area contributed by atoms with E-state index in [-0.39, 0.29) is 16.8 Å². The van der Waals surface area contributed by atoms with Crippen molar-refractivity contribution in [2.75, 3.05) is 12.0 Å². The molecule has 8 heteroatoms. The van der Waals surface area contributed by atoms with Crippen molar-refractivity contribution in [1.29, 1.82) is 0 Å². The standard InChI is InChI=1S/C22H15ClN2O4S/c1-11-10-30-22(24-11)25-18(13-5-3-4-6-15(13)28-2)17-19(26)14-9-12(23)7-8-16(14)29-20(17)21(25)27/h3-10,18H,1-2H3/t18-/m1/s1. The number of anilines is 1. The van der Waals surface area contributed by atoms with Crippen LogP contribution in [0.5, 0.6) is 5.75 Å². The van der Waals surface area contributed by atoms with E-state index in [0.29, 0.717) is 32.4 Å². The smallest absolute Gasteiger partial charge is 0.297 e. The van der Waals surface area contributed by atoms with Crippen molar-refractivity contribution in [1.82, 2.24) is 4.98 Å². The van der Waals surface area contributed by atoms with Gasteiger partial charge < -0.3 is 9.15 Å². The molecule has 0 bridgehead atoms. The van der Waals surface area contributed by atoms with Gasteiger partial charge in [-0.05, 0) is 31.2 Å². The maximum atomic E-state index is 13.5. The van der Waals surface area contributed by atoms with Crippen LogP contribution in [0.15, 0.2) is 57.1 Å². The number of hydrogen-bond acceptors (Lipinski definition) is 6. The third kappa shape index (κ3) is 2.74. The van der Waals surface area contributed by atoms with Crippen LogP contribution < -0.4 is 15.1 Å². The van der Waals surface area contributed by atoms with Crippen LogP contribution in [0.2, 0.25) is 5.02 Å². The molecule has 0 saturated heterocycles. The molecule has 1 amide bonds. The zero-order chi connectivity index (χ0) is 21.0. The van der Waals surface area contributed by atoms with Crippen molar-refractivity contribution >= 4 is 44.9 Å². The number of thiazole rings is 1. The van der Waals surface area contributed by atoms with Gasteiger partial charge in [0.05, 0.1) is 23.8 Å². The molecule has 0 saturated carbocycles. The van der Waals surface area contributed by atoms with Gasteiger partial charge in [-0.1, -0.05) is 29.8 Å². The van der Waals surface area contributed by atoms with Gasteiger partial charge in [0, 0.05) is 16.0 Å². The average Bonchev–Trinajstić information content (AvgIpc) is 3.29. The number of para-hydroxylation sites is 1. The minimum atomic E-state index is -0.728. The van der Waals surface area contributed by atoms with Crippen LogP contribution in [0.1, 0.15) is 33.4 Å². The first-order valence-electron chi connectivity index (χ1n) is 9.14. The van der Waals surface area contributed by atoms with Crippen LogP contribution in [-0.2, 0) is 0 Å². The van der Waals surface area contributed by atoms with Crippen molar-refractivity contribution in [3.8, 4) is 5.75 Å². The summed E-state index contributed by atoms with van der Waals surface area (Å²) in [5.41, 5.74) is 1.73. The lowest BCUT2D eigenvalue weighted by Gasteiger charge is -2.24. The molecule has 6 nitrogen and oxygen atoms in total. The van der Waals surface area contributed by atoms with Crippen LogP contribution in [0.25, 0.3) is 11.0 Å². The van der Waals surface area contributed by atoms with E-state index < -0.39 is 11.9 Å². The summed E-state index contributed by atoms with van der Waals surface area (Å²) in [7, 11) is 1.55. The number of carbonyl (C=O) groups excluding carboxylic acids is 1. The zero-order valence-electron chi connectivity index (χ0n) is 16.0. The summed E-state index contributed by atoms with van der Waals surface area (Å²) in [5, 5.41) is 3.09. The minimum Gasteiger partial charge on any atom is -0.496 e. The van der Waals surface area contributed by atoms with E-state index in [4.69, 9.17) is 20.8 Å². The molecular formula is C22H15ClN2O4S. The SMILES string of the molecule is COc1ccccc1[C@@H]1c2c(oc3ccc(Cl)cc3c2=O)C(=O)N1c1nc(C)cs1. The summed E-state index contributed by atoms with van der Waals surface area (Å²) in [4.78, 5) is 33.0. The number of aromatic nitrogens is 1. The predicted molar refractivity (Wildman–Crippen MR) is 116 cm³/mol. The van der Waals surface area contributed by atoms with Crippen LogP contribution >= 0.6 is 22.9 Å². The number of aryl methyl sites for hydroxylation is 1. The van der Waals surface area contributed by atoms with Crippen molar-refractivity contribution in [2.45, 2.75) is 13.0 Å². The van der Waals surface area contributed by atoms with E-state index in [1.54, 1.807) is 31.4 Å². The van der Waals surface area contributed by atoms with Crippen molar-refractivity contribution in [3.63, 3.8) is 0 Å². The number of rotatable bonds is 3. The predicted octanol–water partition coefficient (Wildman–Crippen LogP) is 4.97. The Hall–Kier alpha value is -3.16. The Balaban J connectivity index is 1.86. The highest BCUT2D eigenvalue weighted by molar-refractivity contribution is 7.14. The normalized spacial score (nSPS) is 15.6. The van der Waals surface area contributed by atoms with Gasteiger partial charge in [-0.2, -0.15) is 0 Å². The highest BCUT2D eigenvalue weighted by Crippen LogP contribution is 2.44. The maximum absolute atomic E-state index is 13.5. The van der Waals surface area contributed by atoms with E-state index >= 15 is 0 Å². The second-order valence-corrected chi connectivity index (χ2v) is 8.18. The number of fused-ring (bicyclic) bond motifs is 2. The first kappa shape index (κ1) is 18.8. The Morgan fingerprint density at radius 3 is 2.73 bits per heavy atom. The van der Waals surface area contributed by atoms with Crippen molar-refractivity contribution < 1.29 is 13.9 Å². The molecule has 2 aromatic heterocycles. The molecule has 4 aromatic rings. The third-order valence-corrected chi connectivity index (χ3v) is 6.27. The second kappa shape index (κ2) is 6.97. The molecule has 0 spiro atoms. The summed E-state index contributed by atoms with van der Waals surface area (Å²) in [6.45, 7) is 1.85. The van der Waals surface area contributed by atoms with Gasteiger partial charge in [-0.15, -0.1) is 11.3 Å². The molecule has 2 aromatic carbocycles. The molecule has 3 heterocycles. The molecule has 0 radical (unpaired) electrons. The number of ether oxygens (including phenoxy) is 1.